The normalized spacial score (nSPS) is 12.7. The zero-order chi connectivity index (χ0) is 13.4. The molecule has 0 radical (unpaired) electrons. The largest absolute Gasteiger partial charge is 0.355 e. The molecule has 0 aromatic heterocycles. The van der Waals surface area contributed by atoms with Gasteiger partial charge in [-0.2, -0.15) is 0 Å². The lowest BCUT2D eigenvalue weighted by Crippen LogP contribution is -2.42. The summed E-state index contributed by atoms with van der Waals surface area (Å²) in [4.78, 5) is 4.96. The molecule has 1 atom stereocenters. The van der Waals surface area contributed by atoms with Crippen molar-refractivity contribution in [2.75, 3.05) is 19.3 Å². The maximum absolute atomic E-state index is 11.9. The molecular weight excluding hydrogens is 373 g/mol. The summed E-state index contributed by atoms with van der Waals surface area (Å²) in [5.74, 6) is 1.32. The number of halogens is 1. The fourth-order valence-corrected chi connectivity index (χ4v) is 2.40. The Hall–Kier alpha value is -0.630. The van der Waals surface area contributed by atoms with Crippen molar-refractivity contribution in [3.63, 3.8) is 0 Å². The predicted octanol–water partition coefficient (Wildman–Crippen LogP) is 1.99. The van der Waals surface area contributed by atoms with Gasteiger partial charge in [0.2, 0.25) is 0 Å². The van der Waals surface area contributed by atoms with Crippen LogP contribution >= 0.6 is 24.0 Å². The Kier molecular flexibility index (Phi) is 9.85. The van der Waals surface area contributed by atoms with E-state index in [1.54, 1.807) is 7.05 Å². The molecule has 4 nitrogen and oxygen atoms in total. The minimum absolute atomic E-state index is 0. The van der Waals surface area contributed by atoms with Gasteiger partial charge in [0.25, 0.3) is 0 Å². The third-order valence-corrected chi connectivity index (χ3v) is 3.61. The summed E-state index contributed by atoms with van der Waals surface area (Å²) in [6, 6.07) is 9.83. The van der Waals surface area contributed by atoms with Crippen LogP contribution in [0.4, 0.5) is 0 Å². The van der Waals surface area contributed by atoms with Crippen LogP contribution in [0, 0.1) is 0 Å². The van der Waals surface area contributed by atoms with E-state index >= 15 is 0 Å². The summed E-state index contributed by atoms with van der Waals surface area (Å²) in [7, 11) is 0.768. The van der Waals surface area contributed by atoms with E-state index in [4.69, 9.17) is 0 Å². The Morgan fingerprint density at radius 2 is 1.95 bits per heavy atom. The summed E-state index contributed by atoms with van der Waals surface area (Å²) in [6.45, 7) is 4.73. The molecule has 1 unspecified atom stereocenters. The molecular formula is C13H22IN3OS. The van der Waals surface area contributed by atoms with Gasteiger partial charge in [0, 0.05) is 30.3 Å². The van der Waals surface area contributed by atoms with Crippen molar-refractivity contribution in [2.45, 2.75) is 24.8 Å². The second-order valence-electron chi connectivity index (χ2n) is 4.16. The van der Waals surface area contributed by atoms with Gasteiger partial charge in [-0.25, -0.2) is 0 Å². The maximum Gasteiger partial charge on any atom is 0.191 e. The van der Waals surface area contributed by atoms with Crippen LogP contribution in [-0.2, 0) is 10.8 Å². The highest BCUT2D eigenvalue weighted by Crippen LogP contribution is 2.04. The smallest absolute Gasteiger partial charge is 0.191 e. The van der Waals surface area contributed by atoms with Gasteiger partial charge in [-0.3, -0.25) is 9.20 Å². The molecule has 6 heteroatoms. The molecule has 2 N–H and O–H groups in total. The molecule has 1 aromatic rings. The number of benzene rings is 1. The van der Waals surface area contributed by atoms with Crippen molar-refractivity contribution < 1.29 is 4.21 Å². The van der Waals surface area contributed by atoms with Gasteiger partial charge in [-0.1, -0.05) is 18.2 Å². The first-order chi connectivity index (χ1) is 8.63. The van der Waals surface area contributed by atoms with E-state index in [9.17, 15) is 4.21 Å². The summed E-state index contributed by atoms with van der Waals surface area (Å²) in [6.07, 6.45) is 0. The SMILES string of the molecule is CN=C(NCCS(=O)c1ccccc1)NC(C)C.I. The lowest BCUT2D eigenvalue weighted by atomic mass is 10.4. The minimum Gasteiger partial charge on any atom is -0.355 e. The first kappa shape index (κ1) is 18.4. The van der Waals surface area contributed by atoms with Crippen LogP contribution in [0.15, 0.2) is 40.2 Å². The third-order valence-electron chi connectivity index (χ3n) is 2.24. The molecule has 0 saturated heterocycles. The van der Waals surface area contributed by atoms with Gasteiger partial charge in [-0.15, -0.1) is 24.0 Å². The topological polar surface area (TPSA) is 53.5 Å². The molecule has 0 aliphatic heterocycles. The van der Waals surface area contributed by atoms with E-state index in [-0.39, 0.29) is 24.0 Å². The summed E-state index contributed by atoms with van der Waals surface area (Å²) in [5, 5.41) is 6.33. The average molecular weight is 395 g/mol. The number of hydrogen-bond donors (Lipinski definition) is 2. The van der Waals surface area contributed by atoms with Crippen molar-refractivity contribution in [3.05, 3.63) is 30.3 Å². The molecule has 19 heavy (non-hydrogen) atoms. The minimum atomic E-state index is -0.960. The summed E-state index contributed by atoms with van der Waals surface area (Å²) in [5.41, 5.74) is 0. The van der Waals surface area contributed by atoms with Crippen molar-refractivity contribution in [3.8, 4) is 0 Å². The van der Waals surface area contributed by atoms with E-state index < -0.39 is 10.8 Å². The highest BCUT2D eigenvalue weighted by Gasteiger charge is 2.04. The van der Waals surface area contributed by atoms with E-state index in [2.05, 4.69) is 29.5 Å². The first-order valence-corrected chi connectivity index (χ1v) is 7.36. The van der Waals surface area contributed by atoms with E-state index in [0.29, 0.717) is 18.3 Å². The molecule has 0 amide bonds. The van der Waals surface area contributed by atoms with E-state index in [0.717, 1.165) is 10.9 Å². The molecule has 0 bridgehead atoms. The number of aliphatic imine (C=N–C) groups is 1. The second-order valence-corrected chi connectivity index (χ2v) is 5.73. The van der Waals surface area contributed by atoms with Crippen LogP contribution in [0.3, 0.4) is 0 Å². The molecule has 0 fully saturated rings. The van der Waals surface area contributed by atoms with Gasteiger partial charge in [0.1, 0.15) is 0 Å². The van der Waals surface area contributed by atoms with Gasteiger partial charge in [0.15, 0.2) is 5.96 Å². The zero-order valence-electron chi connectivity index (χ0n) is 11.6. The zero-order valence-corrected chi connectivity index (χ0v) is 14.7. The van der Waals surface area contributed by atoms with Crippen molar-refractivity contribution >= 4 is 40.7 Å². The molecule has 108 valence electrons. The number of hydrogen-bond acceptors (Lipinski definition) is 2. The Morgan fingerprint density at radius 1 is 1.32 bits per heavy atom. The quantitative estimate of drug-likeness (QED) is 0.456. The van der Waals surface area contributed by atoms with Gasteiger partial charge >= 0.3 is 0 Å². The molecule has 0 heterocycles. The Morgan fingerprint density at radius 3 is 2.47 bits per heavy atom. The monoisotopic (exact) mass is 395 g/mol. The summed E-state index contributed by atoms with van der Waals surface area (Å²) < 4.78 is 11.9. The lowest BCUT2D eigenvalue weighted by molar-refractivity contribution is 0.679. The van der Waals surface area contributed by atoms with Crippen LogP contribution in [0.25, 0.3) is 0 Å². The van der Waals surface area contributed by atoms with Crippen LogP contribution in [-0.4, -0.2) is 35.6 Å². The number of guanidine groups is 1. The maximum atomic E-state index is 11.9. The van der Waals surface area contributed by atoms with E-state index in [1.807, 2.05) is 30.3 Å². The predicted molar refractivity (Wildman–Crippen MR) is 92.8 cm³/mol. The Balaban J connectivity index is 0.00000324. The van der Waals surface area contributed by atoms with Crippen LogP contribution in [0.2, 0.25) is 0 Å². The lowest BCUT2D eigenvalue weighted by Gasteiger charge is -2.14. The molecule has 1 aromatic carbocycles. The average Bonchev–Trinajstić information content (AvgIpc) is 2.38. The van der Waals surface area contributed by atoms with E-state index in [1.165, 1.54) is 0 Å². The first-order valence-electron chi connectivity index (χ1n) is 6.04. The second kappa shape index (κ2) is 10.2. The Labute approximate surface area is 134 Å². The molecule has 0 spiro atoms. The standard InChI is InChI=1S/C13H21N3OS.HI/c1-11(2)16-13(14-3)15-9-10-18(17)12-7-5-4-6-8-12;/h4-8,11H,9-10H2,1-3H3,(H2,14,15,16);1H. The summed E-state index contributed by atoms with van der Waals surface area (Å²) >= 11 is 0. The van der Waals surface area contributed by atoms with Crippen LogP contribution in [0.5, 0.6) is 0 Å². The van der Waals surface area contributed by atoms with Crippen LogP contribution in [0.1, 0.15) is 13.8 Å². The molecule has 0 aliphatic carbocycles. The van der Waals surface area contributed by atoms with Crippen molar-refractivity contribution in [2.24, 2.45) is 4.99 Å². The number of nitrogens with zero attached hydrogens (tertiary/aromatic N) is 1. The van der Waals surface area contributed by atoms with Crippen molar-refractivity contribution in [1.29, 1.82) is 0 Å². The number of nitrogens with one attached hydrogen (secondary N) is 2. The van der Waals surface area contributed by atoms with Crippen molar-refractivity contribution in [1.82, 2.24) is 10.6 Å². The fraction of sp³-hybridized carbons (Fsp3) is 0.462. The third kappa shape index (κ3) is 7.51. The van der Waals surface area contributed by atoms with Gasteiger partial charge < -0.3 is 10.6 Å². The highest BCUT2D eigenvalue weighted by atomic mass is 127. The highest BCUT2D eigenvalue weighted by molar-refractivity contribution is 14.0. The Bertz CT molecular complexity index is 410. The van der Waals surface area contributed by atoms with Crippen LogP contribution < -0.4 is 10.6 Å². The number of rotatable bonds is 5. The molecule has 0 saturated carbocycles. The van der Waals surface area contributed by atoms with Gasteiger partial charge in [-0.05, 0) is 26.0 Å². The molecule has 0 aliphatic rings. The molecule has 1 rings (SSSR count). The van der Waals surface area contributed by atoms with Gasteiger partial charge in [0.05, 0.1) is 10.8 Å². The fourth-order valence-electron chi connectivity index (χ4n) is 1.42.